The normalized spacial score (nSPS) is 13.9. The summed E-state index contributed by atoms with van der Waals surface area (Å²) in [5.74, 6) is 0.652. The smallest absolute Gasteiger partial charge is 0.275 e. The van der Waals surface area contributed by atoms with Crippen LogP contribution in [0, 0.1) is 0 Å². The van der Waals surface area contributed by atoms with Gasteiger partial charge in [-0.25, -0.2) is 4.98 Å². The number of carbonyl (C=O) groups excluding carboxylic acids is 2. The average molecular weight is 515 g/mol. The van der Waals surface area contributed by atoms with E-state index < -0.39 is 0 Å². The molecule has 2 aromatic carbocycles. The number of para-hydroxylation sites is 1. The number of thioether (sulfide) groups is 1. The van der Waals surface area contributed by atoms with Gasteiger partial charge in [0.25, 0.3) is 5.91 Å². The number of likely N-dealkylation sites (tertiary alicyclic amines) is 1. The molecule has 1 aliphatic heterocycles. The van der Waals surface area contributed by atoms with E-state index in [-0.39, 0.29) is 17.7 Å². The van der Waals surface area contributed by atoms with E-state index in [0.29, 0.717) is 24.5 Å². The molecule has 1 fully saturated rings. The Kier molecular flexibility index (Phi) is 7.73. The van der Waals surface area contributed by atoms with E-state index in [1.807, 2.05) is 77.0 Å². The molecule has 0 aliphatic carbocycles. The Bertz CT molecular complexity index is 1320. The van der Waals surface area contributed by atoms with Crippen LogP contribution in [0.3, 0.4) is 0 Å². The Morgan fingerprint density at radius 1 is 0.972 bits per heavy atom. The minimum atomic E-state index is -0.207. The van der Waals surface area contributed by atoms with Crippen LogP contribution in [0.25, 0.3) is 11.1 Å². The van der Waals surface area contributed by atoms with Crippen molar-refractivity contribution in [2.75, 3.05) is 24.2 Å². The van der Waals surface area contributed by atoms with Gasteiger partial charge in [-0.05, 0) is 36.6 Å². The van der Waals surface area contributed by atoms with Crippen LogP contribution >= 0.6 is 23.1 Å². The van der Waals surface area contributed by atoms with Crippen molar-refractivity contribution in [2.24, 2.45) is 0 Å². The van der Waals surface area contributed by atoms with E-state index in [9.17, 15) is 9.59 Å². The van der Waals surface area contributed by atoms with Crippen molar-refractivity contribution in [1.82, 2.24) is 14.9 Å². The average Bonchev–Trinajstić information content (AvgIpc) is 3.44. The maximum absolute atomic E-state index is 13.0. The molecule has 3 heterocycles. The number of nitrogens with one attached hydrogen (secondary N) is 1. The summed E-state index contributed by atoms with van der Waals surface area (Å²) < 4.78 is 0. The summed E-state index contributed by atoms with van der Waals surface area (Å²) in [5, 5.41) is 5.84. The zero-order chi connectivity index (χ0) is 24.7. The molecular weight excluding hydrogens is 488 g/mol. The summed E-state index contributed by atoms with van der Waals surface area (Å²) in [6.45, 7) is 1.43. The molecule has 0 radical (unpaired) electrons. The first-order chi connectivity index (χ1) is 17.7. The number of benzene rings is 2. The van der Waals surface area contributed by atoms with Gasteiger partial charge in [0, 0.05) is 52.9 Å². The maximum atomic E-state index is 13.0. The van der Waals surface area contributed by atoms with Crippen molar-refractivity contribution >= 4 is 40.6 Å². The number of carbonyl (C=O) groups is 2. The first kappa shape index (κ1) is 24.2. The Balaban J connectivity index is 1.16. The zero-order valence-electron chi connectivity index (χ0n) is 19.7. The molecule has 0 bridgehead atoms. The topological polar surface area (TPSA) is 75.2 Å². The molecule has 2 aromatic heterocycles. The fourth-order valence-corrected chi connectivity index (χ4v) is 6.03. The third kappa shape index (κ3) is 5.83. The van der Waals surface area contributed by atoms with Crippen LogP contribution in [0.15, 0.2) is 89.4 Å². The minimum Gasteiger partial charge on any atom is -0.342 e. The van der Waals surface area contributed by atoms with Crippen molar-refractivity contribution in [3.05, 3.63) is 95.2 Å². The molecule has 1 saturated heterocycles. The van der Waals surface area contributed by atoms with Crippen LogP contribution < -0.4 is 5.32 Å². The third-order valence-corrected chi connectivity index (χ3v) is 8.23. The molecule has 2 amide bonds. The first-order valence-electron chi connectivity index (χ1n) is 11.9. The first-order valence-corrected chi connectivity index (χ1v) is 13.8. The number of pyridine rings is 1. The summed E-state index contributed by atoms with van der Waals surface area (Å²) in [6.07, 6.45) is 5.19. The van der Waals surface area contributed by atoms with E-state index in [0.717, 1.165) is 39.6 Å². The number of rotatable bonds is 7. The van der Waals surface area contributed by atoms with Gasteiger partial charge < -0.3 is 10.2 Å². The van der Waals surface area contributed by atoms with E-state index >= 15 is 0 Å². The second kappa shape index (κ2) is 11.5. The molecule has 8 heteroatoms. The number of thiazole rings is 1. The molecule has 1 aliphatic rings. The molecule has 5 rings (SSSR count). The Hall–Kier alpha value is -3.49. The highest BCUT2D eigenvalue weighted by Gasteiger charge is 2.26. The van der Waals surface area contributed by atoms with E-state index in [4.69, 9.17) is 0 Å². The molecule has 4 aromatic rings. The summed E-state index contributed by atoms with van der Waals surface area (Å²) in [5.41, 5.74) is 3.22. The lowest BCUT2D eigenvalue weighted by atomic mass is 9.97. The molecule has 0 unspecified atom stereocenters. The minimum absolute atomic E-state index is 0.159. The van der Waals surface area contributed by atoms with Crippen LogP contribution in [0.2, 0.25) is 0 Å². The highest BCUT2D eigenvalue weighted by atomic mass is 32.2. The standard InChI is InChI=1S/C28H26N4O2S2/c33-26(19-35-22-10-14-29-15-11-22)32-16-12-21(13-17-32)28-31-25(18-36-28)27(34)30-24-9-5-4-8-23(24)20-6-2-1-3-7-20/h1-11,14-15,18,21H,12-13,16-17,19H2,(H,30,34). The number of amides is 2. The van der Waals surface area contributed by atoms with Gasteiger partial charge in [0.1, 0.15) is 5.69 Å². The van der Waals surface area contributed by atoms with Crippen LogP contribution in [0.1, 0.15) is 34.3 Å². The largest absolute Gasteiger partial charge is 0.342 e. The Labute approximate surface area is 218 Å². The van der Waals surface area contributed by atoms with Crippen molar-refractivity contribution < 1.29 is 9.59 Å². The van der Waals surface area contributed by atoms with Gasteiger partial charge in [0.05, 0.1) is 10.8 Å². The Morgan fingerprint density at radius 2 is 1.69 bits per heavy atom. The van der Waals surface area contributed by atoms with Crippen LogP contribution in [0.5, 0.6) is 0 Å². The molecule has 0 saturated carbocycles. The Morgan fingerprint density at radius 3 is 2.47 bits per heavy atom. The van der Waals surface area contributed by atoms with Gasteiger partial charge in [-0.2, -0.15) is 0 Å². The fourth-order valence-electron chi connectivity index (χ4n) is 4.27. The lowest BCUT2D eigenvalue weighted by Crippen LogP contribution is -2.38. The van der Waals surface area contributed by atoms with Crippen LogP contribution in [0.4, 0.5) is 5.69 Å². The molecule has 0 spiro atoms. The summed E-state index contributed by atoms with van der Waals surface area (Å²) >= 11 is 3.07. The quantitative estimate of drug-likeness (QED) is 0.308. The van der Waals surface area contributed by atoms with Gasteiger partial charge in [0.15, 0.2) is 0 Å². The number of anilines is 1. The van der Waals surface area contributed by atoms with Crippen molar-refractivity contribution in [3.63, 3.8) is 0 Å². The maximum Gasteiger partial charge on any atom is 0.275 e. The highest BCUT2D eigenvalue weighted by molar-refractivity contribution is 8.00. The van der Waals surface area contributed by atoms with Gasteiger partial charge in [-0.1, -0.05) is 48.5 Å². The van der Waals surface area contributed by atoms with Gasteiger partial charge in [-0.3, -0.25) is 14.6 Å². The second-order valence-corrected chi connectivity index (χ2v) is 10.5. The number of hydrogen-bond acceptors (Lipinski definition) is 6. The molecule has 6 nitrogen and oxygen atoms in total. The van der Waals surface area contributed by atoms with Gasteiger partial charge in [0.2, 0.25) is 5.91 Å². The summed E-state index contributed by atoms with van der Waals surface area (Å²) in [7, 11) is 0. The SMILES string of the molecule is O=C(Nc1ccccc1-c1ccccc1)c1csc(C2CCN(C(=O)CSc3ccncc3)CC2)n1. The predicted molar refractivity (Wildman–Crippen MR) is 145 cm³/mol. The van der Waals surface area contributed by atoms with E-state index in [1.54, 1.807) is 24.2 Å². The highest BCUT2D eigenvalue weighted by Crippen LogP contribution is 2.32. The number of nitrogens with zero attached hydrogens (tertiary/aromatic N) is 3. The number of piperidine rings is 1. The monoisotopic (exact) mass is 514 g/mol. The molecule has 1 N–H and O–H groups in total. The summed E-state index contributed by atoms with van der Waals surface area (Å²) in [4.78, 5) is 37.3. The van der Waals surface area contributed by atoms with E-state index in [2.05, 4.69) is 15.3 Å². The van der Waals surface area contributed by atoms with Gasteiger partial charge >= 0.3 is 0 Å². The zero-order valence-corrected chi connectivity index (χ0v) is 21.3. The van der Waals surface area contributed by atoms with E-state index in [1.165, 1.54) is 11.3 Å². The molecule has 36 heavy (non-hydrogen) atoms. The lowest BCUT2D eigenvalue weighted by Gasteiger charge is -2.31. The number of hydrogen-bond donors (Lipinski definition) is 1. The van der Waals surface area contributed by atoms with Crippen molar-refractivity contribution in [3.8, 4) is 11.1 Å². The second-order valence-electron chi connectivity index (χ2n) is 8.56. The molecule has 0 atom stereocenters. The molecular formula is C28H26N4O2S2. The van der Waals surface area contributed by atoms with Crippen molar-refractivity contribution in [1.29, 1.82) is 0 Å². The third-order valence-electron chi connectivity index (χ3n) is 6.22. The fraction of sp³-hybridized carbons (Fsp3) is 0.214. The summed E-state index contributed by atoms with van der Waals surface area (Å²) in [6, 6.07) is 21.6. The van der Waals surface area contributed by atoms with Crippen LogP contribution in [-0.2, 0) is 4.79 Å². The number of aromatic nitrogens is 2. The predicted octanol–water partition coefficient (Wildman–Crippen LogP) is 5.96. The molecule has 182 valence electrons. The lowest BCUT2D eigenvalue weighted by molar-refractivity contribution is -0.129. The van der Waals surface area contributed by atoms with Crippen LogP contribution in [-0.4, -0.2) is 45.5 Å². The van der Waals surface area contributed by atoms with Crippen molar-refractivity contribution in [2.45, 2.75) is 23.7 Å². The van der Waals surface area contributed by atoms with Gasteiger partial charge in [-0.15, -0.1) is 23.1 Å².